The number of aliphatic carboxylic acids is 1. The Balaban J connectivity index is 1.41. The summed E-state index contributed by atoms with van der Waals surface area (Å²) in [7, 11) is 1.51. The number of hydrogen-bond donors (Lipinski definition) is 4. The molecule has 4 N–H and O–H groups in total. The van der Waals surface area contributed by atoms with E-state index in [4.69, 9.17) is 21.1 Å². The smallest absolute Gasteiger partial charge is 0.411 e. The highest BCUT2D eigenvalue weighted by atomic mass is 35.5. The second kappa shape index (κ2) is 15.8. The van der Waals surface area contributed by atoms with Gasteiger partial charge in [-0.15, -0.1) is 5.10 Å². The monoisotopic (exact) mass is 660 g/mol. The number of halogens is 1. The summed E-state index contributed by atoms with van der Waals surface area (Å²) in [4.78, 5) is 42.3. The molecule has 0 fully saturated rings. The molecule has 0 saturated heterocycles. The van der Waals surface area contributed by atoms with Gasteiger partial charge in [0.05, 0.1) is 24.0 Å². The van der Waals surface area contributed by atoms with Crippen molar-refractivity contribution in [3.8, 4) is 16.8 Å². The molecule has 15 heteroatoms. The standard InChI is InChI=1S/C32H33ClN8O6/c1-46-14-15-47-32(45)36-23-8-9-24-20-12-13-34-28(17-20)25(4-2-3-5-26(31(43)44)37-27(24)18-23)38-30(42)11-6-21-16-22(33)7-10-29(21)41-19-35-39-40-41/h6-13,16-19,25-26,37H,2-5,14-15H2,1H3,(H,36,45)(H,38,42)(H,43,44)/b11-6+/t25-,26?/m0/s1. The van der Waals surface area contributed by atoms with E-state index in [1.54, 1.807) is 54.7 Å². The molecule has 0 spiro atoms. The third-order valence-electron chi connectivity index (χ3n) is 7.42. The highest BCUT2D eigenvalue weighted by Gasteiger charge is 2.23. The minimum atomic E-state index is -1.00. The third kappa shape index (κ3) is 8.89. The van der Waals surface area contributed by atoms with Crippen LogP contribution in [0.5, 0.6) is 0 Å². The van der Waals surface area contributed by atoms with Crippen molar-refractivity contribution in [2.45, 2.75) is 37.8 Å². The molecule has 0 radical (unpaired) electrons. The van der Waals surface area contributed by atoms with Crippen molar-refractivity contribution >= 4 is 47.0 Å². The van der Waals surface area contributed by atoms with E-state index in [2.05, 4.69) is 36.5 Å². The number of amides is 2. The number of hydrogen-bond acceptors (Lipinski definition) is 10. The number of rotatable bonds is 9. The number of carbonyl (C=O) groups is 3. The van der Waals surface area contributed by atoms with Gasteiger partial charge < -0.3 is 25.2 Å². The second-order valence-electron chi connectivity index (χ2n) is 10.7. The first kappa shape index (κ1) is 33.0. The number of anilines is 2. The van der Waals surface area contributed by atoms with Crippen molar-refractivity contribution < 1.29 is 29.0 Å². The molecule has 1 unspecified atom stereocenters. The number of carbonyl (C=O) groups excluding carboxylic acids is 2. The lowest BCUT2D eigenvalue weighted by atomic mass is 9.96. The summed E-state index contributed by atoms with van der Waals surface area (Å²) < 4.78 is 11.5. The molecular formula is C32H33ClN8O6. The first-order chi connectivity index (χ1) is 22.8. The quantitative estimate of drug-likeness (QED) is 0.142. The van der Waals surface area contributed by atoms with E-state index in [-0.39, 0.29) is 19.1 Å². The van der Waals surface area contributed by atoms with Gasteiger partial charge in [-0.25, -0.2) is 9.59 Å². The van der Waals surface area contributed by atoms with E-state index in [1.807, 2.05) is 6.07 Å². The normalized spacial score (nSPS) is 16.2. The van der Waals surface area contributed by atoms with Crippen LogP contribution in [0.2, 0.25) is 5.02 Å². The van der Waals surface area contributed by atoms with Crippen molar-refractivity contribution in [3.05, 3.63) is 83.4 Å². The van der Waals surface area contributed by atoms with Crippen LogP contribution in [0.3, 0.4) is 0 Å². The van der Waals surface area contributed by atoms with Crippen LogP contribution < -0.4 is 16.0 Å². The average molecular weight is 661 g/mol. The van der Waals surface area contributed by atoms with Crippen molar-refractivity contribution in [2.24, 2.45) is 0 Å². The summed E-state index contributed by atoms with van der Waals surface area (Å²) in [6, 6.07) is 12.6. The lowest BCUT2D eigenvalue weighted by molar-refractivity contribution is -0.138. The third-order valence-corrected chi connectivity index (χ3v) is 7.65. The summed E-state index contributed by atoms with van der Waals surface area (Å²) in [5.41, 5.74) is 4.30. The number of benzene rings is 2. The van der Waals surface area contributed by atoms with Gasteiger partial charge in [-0.1, -0.05) is 30.5 Å². The van der Waals surface area contributed by atoms with Gasteiger partial charge in [0.15, 0.2) is 0 Å². The highest BCUT2D eigenvalue weighted by molar-refractivity contribution is 6.30. The SMILES string of the molecule is COCCOC(=O)Nc1ccc2c(c1)NC(C(=O)O)CCCC[C@H](NC(=O)/C=C/c1cc(Cl)ccc1-n1cnnn1)c1cc-2ccn1. The maximum absolute atomic E-state index is 13.2. The maximum Gasteiger partial charge on any atom is 0.411 e. The Morgan fingerprint density at radius 3 is 2.74 bits per heavy atom. The van der Waals surface area contributed by atoms with Gasteiger partial charge in [0.1, 0.15) is 19.0 Å². The van der Waals surface area contributed by atoms with E-state index in [0.29, 0.717) is 64.6 Å². The highest BCUT2D eigenvalue weighted by Crippen LogP contribution is 2.34. The number of ether oxygens (including phenoxy) is 2. The summed E-state index contributed by atoms with van der Waals surface area (Å²) in [6.45, 7) is 0.342. The molecule has 0 saturated carbocycles. The van der Waals surface area contributed by atoms with Crippen LogP contribution in [0, 0.1) is 0 Å². The van der Waals surface area contributed by atoms with E-state index >= 15 is 0 Å². The van der Waals surface area contributed by atoms with Crippen molar-refractivity contribution in [1.82, 2.24) is 30.5 Å². The van der Waals surface area contributed by atoms with Crippen LogP contribution in [0.15, 0.2) is 67.1 Å². The largest absolute Gasteiger partial charge is 0.480 e. The Bertz CT molecular complexity index is 1750. The molecule has 2 amide bonds. The summed E-state index contributed by atoms with van der Waals surface area (Å²) >= 11 is 6.22. The Morgan fingerprint density at radius 2 is 1.96 bits per heavy atom. The fraction of sp³-hybridized carbons (Fsp3) is 0.281. The maximum atomic E-state index is 13.2. The molecule has 1 aliphatic rings. The molecule has 2 aromatic heterocycles. The van der Waals surface area contributed by atoms with E-state index in [9.17, 15) is 19.5 Å². The van der Waals surface area contributed by atoms with Crippen LogP contribution in [0.25, 0.3) is 22.9 Å². The van der Waals surface area contributed by atoms with Crippen molar-refractivity contribution in [3.63, 3.8) is 0 Å². The van der Waals surface area contributed by atoms with Crippen LogP contribution in [-0.2, 0) is 19.1 Å². The molecule has 4 aromatic rings. The fourth-order valence-corrected chi connectivity index (χ4v) is 5.31. The predicted octanol–water partition coefficient (Wildman–Crippen LogP) is 4.88. The van der Waals surface area contributed by atoms with Gasteiger partial charge in [-0.2, -0.15) is 4.68 Å². The van der Waals surface area contributed by atoms with Crippen molar-refractivity contribution in [1.29, 1.82) is 0 Å². The molecule has 244 valence electrons. The van der Waals surface area contributed by atoms with Crippen LogP contribution in [0.4, 0.5) is 16.2 Å². The number of aromatic nitrogens is 5. The zero-order valence-electron chi connectivity index (χ0n) is 25.4. The zero-order chi connectivity index (χ0) is 33.2. The Kier molecular flexibility index (Phi) is 11.1. The number of nitrogens with one attached hydrogen (secondary N) is 3. The number of tetrazole rings is 1. The minimum absolute atomic E-state index is 0.0856. The molecule has 3 heterocycles. The molecule has 2 bridgehead atoms. The van der Waals surface area contributed by atoms with E-state index < -0.39 is 24.1 Å². The van der Waals surface area contributed by atoms with Gasteiger partial charge in [0, 0.05) is 46.9 Å². The number of carboxylic acids is 1. The first-order valence-corrected chi connectivity index (χ1v) is 15.2. The van der Waals surface area contributed by atoms with Gasteiger partial charge in [0.2, 0.25) is 5.91 Å². The molecular weight excluding hydrogens is 628 g/mol. The number of pyridine rings is 1. The summed E-state index contributed by atoms with van der Waals surface area (Å²) in [6.07, 6.45) is 7.55. The Morgan fingerprint density at radius 1 is 1.11 bits per heavy atom. The number of carboxylic acid groups (broad SMARTS) is 1. The first-order valence-electron chi connectivity index (χ1n) is 14.8. The Hall–Kier alpha value is -5.34. The lowest BCUT2D eigenvalue weighted by Crippen LogP contribution is -2.30. The number of methoxy groups -OCH3 is 1. The molecule has 1 aliphatic heterocycles. The predicted molar refractivity (Wildman–Crippen MR) is 174 cm³/mol. The van der Waals surface area contributed by atoms with Crippen LogP contribution >= 0.6 is 11.6 Å². The van der Waals surface area contributed by atoms with E-state index in [1.165, 1.54) is 24.2 Å². The minimum Gasteiger partial charge on any atom is -0.480 e. The van der Waals surface area contributed by atoms with Crippen molar-refractivity contribution in [2.75, 3.05) is 31.0 Å². The summed E-state index contributed by atoms with van der Waals surface area (Å²) in [5.74, 6) is -1.35. The zero-order valence-corrected chi connectivity index (χ0v) is 26.2. The lowest BCUT2D eigenvalue weighted by Gasteiger charge is -2.23. The molecule has 2 aromatic carbocycles. The molecule has 5 rings (SSSR count). The van der Waals surface area contributed by atoms with Gasteiger partial charge in [0.25, 0.3) is 0 Å². The molecule has 0 aliphatic carbocycles. The van der Waals surface area contributed by atoms with Gasteiger partial charge in [-0.05, 0) is 77.4 Å². The van der Waals surface area contributed by atoms with Crippen LogP contribution in [0.1, 0.15) is 43.0 Å². The van der Waals surface area contributed by atoms with E-state index in [0.717, 1.165) is 5.56 Å². The molecule has 14 nitrogen and oxygen atoms in total. The Labute approximate surface area is 275 Å². The average Bonchev–Trinajstić information content (AvgIpc) is 3.59. The molecule has 47 heavy (non-hydrogen) atoms. The summed E-state index contributed by atoms with van der Waals surface area (Å²) in [5, 5.41) is 30.6. The topological polar surface area (TPSA) is 182 Å². The number of fused-ring (bicyclic) bond motifs is 4. The van der Waals surface area contributed by atoms with Crippen LogP contribution in [-0.4, -0.2) is 74.6 Å². The fourth-order valence-electron chi connectivity index (χ4n) is 5.13. The van der Waals surface area contributed by atoms with Gasteiger partial charge in [-0.3, -0.25) is 15.1 Å². The second-order valence-corrected chi connectivity index (χ2v) is 11.1. The molecule has 2 atom stereocenters. The van der Waals surface area contributed by atoms with Gasteiger partial charge >= 0.3 is 12.1 Å². The number of nitrogens with zero attached hydrogens (tertiary/aromatic N) is 5.